The first kappa shape index (κ1) is 16.1. The Balaban J connectivity index is 1.99. The molecule has 1 aliphatic carbocycles. The first-order chi connectivity index (χ1) is 11.1. The summed E-state index contributed by atoms with van der Waals surface area (Å²) in [6, 6.07) is 6.52. The van der Waals surface area contributed by atoms with E-state index in [1.807, 2.05) is 6.07 Å². The molecule has 0 amide bonds. The lowest BCUT2D eigenvalue weighted by molar-refractivity contribution is -0.122. The fourth-order valence-electron chi connectivity index (χ4n) is 4.17. The fourth-order valence-corrected chi connectivity index (χ4v) is 4.17. The smallest absolute Gasteiger partial charge is 0.161 e. The zero-order valence-electron chi connectivity index (χ0n) is 14.0. The predicted molar refractivity (Wildman–Crippen MR) is 90.3 cm³/mol. The number of methoxy groups -OCH3 is 1. The van der Waals surface area contributed by atoms with E-state index in [-0.39, 0.29) is 5.41 Å². The van der Waals surface area contributed by atoms with Gasteiger partial charge >= 0.3 is 0 Å². The van der Waals surface area contributed by atoms with Gasteiger partial charge in [-0.3, -0.25) is 4.79 Å². The van der Waals surface area contributed by atoms with E-state index in [2.05, 4.69) is 30.7 Å². The van der Waals surface area contributed by atoms with Gasteiger partial charge in [0.15, 0.2) is 11.5 Å². The van der Waals surface area contributed by atoms with Gasteiger partial charge in [-0.05, 0) is 44.1 Å². The molecule has 0 unspecified atom stereocenters. The molecule has 1 aromatic carbocycles. The number of hydrogen-bond donors (Lipinski definition) is 0. The number of carbonyl (C=O) groups is 1. The lowest BCUT2D eigenvalue weighted by atomic mass is 9.66. The van der Waals surface area contributed by atoms with Gasteiger partial charge in [-0.2, -0.15) is 0 Å². The van der Waals surface area contributed by atoms with Gasteiger partial charge in [-0.1, -0.05) is 18.7 Å². The number of carbonyl (C=O) groups excluding carboxylic acids is 1. The van der Waals surface area contributed by atoms with E-state index in [9.17, 15) is 4.79 Å². The first-order valence-electron chi connectivity index (χ1n) is 8.25. The summed E-state index contributed by atoms with van der Waals surface area (Å²) in [6.07, 6.45) is 5.09. The van der Waals surface area contributed by atoms with Crippen LogP contribution in [0.1, 0.15) is 31.2 Å². The number of Topliss-reactive ketones (excluding diaryl/α,β-unsaturated/α-hetero) is 1. The number of rotatable bonds is 5. The van der Waals surface area contributed by atoms with Crippen LogP contribution in [0.5, 0.6) is 11.5 Å². The maximum absolute atomic E-state index is 12.0. The van der Waals surface area contributed by atoms with Gasteiger partial charge in [0.2, 0.25) is 0 Å². The molecule has 2 atom stereocenters. The van der Waals surface area contributed by atoms with Crippen molar-refractivity contribution in [1.29, 1.82) is 0 Å². The average molecular weight is 315 g/mol. The number of hydrogen-bond acceptors (Lipinski definition) is 4. The predicted octanol–water partition coefficient (Wildman–Crippen LogP) is 2.95. The van der Waals surface area contributed by atoms with Gasteiger partial charge in [0.25, 0.3) is 0 Å². The highest BCUT2D eigenvalue weighted by Gasteiger charge is 2.50. The molecule has 1 saturated carbocycles. The largest absolute Gasteiger partial charge is 0.493 e. The van der Waals surface area contributed by atoms with E-state index in [1.54, 1.807) is 13.2 Å². The Morgan fingerprint density at radius 3 is 2.96 bits per heavy atom. The Morgan fingerprint density at radius 1 is 1.39 bits per heavy atom. The highest BCUT2D eigenvalue weighted by molar-refractivity contribution is 5.81. The van der Waals surface area contributed by atoms with Crippen molar-refractivity contribution in [2.45, 2.75) is 37.1 Å². The molecule has 1 aliphatic heterocycles. The quantitative estimate of drug-likeness (QED) is 0.783. The van der Waals surface area contributed by atoms with Gasteiger partial charge in [-0.25, -0.2) is 0 Å². The fraction of sp³-hybridized carbons (Fsp3) is 0.526. The molecular weight excluding hydrogens is 290 g/mol. The molecule has 0 N–H and O–H groups in total. The second kappa shape index (κ2) is 6.36. The molecule has 4 heteroatoms. The highest BCUT2D eigenvalue weighted by atomic mass is 16.5. The zero-order valence-corrected chi connectivity index (χ0v) is 14.0. The van der Waals surface area contributed by atoms with Crippen molar-refractivity contribution in [3.05, 3.63) is 36.4 Å². The summed E-state index contributed by atoms with van der Waals surface area (Å²) < 4.78 is 11.2. The Hall–Kier alpha value is -1.81. The van der Waals surface area contributed by atoms with Crippen LogP contribution in [-0.2, 0) is 10.2 Å². The Bertz CT molecular complexity index is 613. The normalized spacial score (nSPS) is 27.6. The molecular formula is C19H25NO3. The third-order valence-electron chi connectivity index (χ3n) is 5.45. The van der Waals surface area contributed by atoms with Crippen LogP contribution in [0, 0.1) is 0 Å². The molecule has 4 nitrogen and oxygen atoms in total. The molecule has 1 saturated heterocycles. The first-order valence-corrected chi connectivity index (χ1v) is 8.25. The molecule has 0 radical (unpaired) electrons. The third kappa shape index (κ3) is 2.76. The van der Waals surface area contributed by atoms with Crippen LogP contribution in [0.25, 0.3) is 0 Å². The molecule has 0 spiro atoms. The summed E-state index contributed by atoms with van der Waals surface area (Å²) in [6.45, 7) is 5.19. The van der Waals surface area contributed by atoms with Crippen LogP contribution in [0.2, 0.25) is 0 Å². The average Bonchev–Trinajstić information content (AvgIpc) is 2.90. The van der Waals surface area contributed by atoms with E-state index in [1.165, 1.54) is 5.56 Å². The standard InChI is InChI=1S/C19H25NO3/c1-4-11-23-17-12-14(5-6-16(17)22-3)19-8-7-15(21)13-18(19)20(2)10-9-19/h4-6,12,18H,1,7-11,13H2,2-3H3/t18-,19-/m0/s1. The number of fused-ring (bicyclic) bond motifs is 1. The van der Waals surface area contributed by atoms with Gasteiger partial charge in [0, 0.05) is 24.3 Å². The summed E-state index contributed by atoms with van der Waals surface area (Å²) in [5, 5.41) is 0. The van der Waals surface area contributed by atoms with E-state index in [0.717, 1.165) is 30.9 Å². The second-order valence-corrected chi connectivity index (χ2v) is 6.61. The third-order valence-corrected chi connectivity index (χ3v) is 5.45. The molecule has 1 heterocycles. The summed E-state index contributed by atoms with van der Waals surface area (Å²) >= 11 is 0. The van der Waals surface area contributed by atoms with Crippen LogP contribution in [-0.4, -0.2) is 44.0 Å². The zero-order chi connectivity index (χ0) is 16.4. The van der Waals surface area contributed by atoms with Gasteiger partial charge in [0.05, 0.1) is 7.11 Å². The Labute approximate surface area is 138 Å². The Morgan fingerprint density at radius 2 is 2.22 bits per heavy atom. The van der Waals surface area contributed by atoms with Gasteiger partial charge in [-0.15, -0.1) is 0 Å². The van der Waals surface area contributed by atoms with Crippen LogP contribution >= 0.6 is 0 Å². The topological polar surface area (TPSA) is 38.8 Å². The monoisotopic (exact) mass is 315 g/mol. The maximum atomic E-state index is 12.0. The van der Waals surface area contributed by atoms with E-state index < -0.39 is 0 Å². The van der Waals surface area contributed by atoms with E-state index in [4.69, 9.17) is 9.47 Å². The van der Waals surface area contributed by atoms with Crippen LogP contribution in [0.15, 0.2) is 30.9 Å². The van der Waals surface area contributed by atoms with Crippen LogP contribution < -0.4 is 9.47 Å². The molecule has 0 aromatic heterocycles. The SMILES string of the molecule is C=CCOc1cc([C@@]23CCC(=O)C[C@@H]2N(C)CC3)ccc1OC. The minimum atomic E-state index is 0.0568. The maximum Gasteiger partial charge on any atom is 0.161 e. The highest BCUT2D eigenvalue weighted by Crippen LogP contribution is 2.49. The van der Waals surface area contributed by atoms with Crippen molar-refractivity contribution < 1.29 is 14.3 Å². The number of ether oxygens (including phenoxy) is 2. The molecule has 3 rings (SSSR count). The number of likely N-dealkylation sites (N-methyl/N-ethyl adjacent to an activating group) is 1. The minimum Gasteiger partial charge on any atom is -0.493 e. The molecule has 23 heavy (non-hydrogen) atoms. The minimum absolute atomic E-state index is 0.0568. The second-order valence-electron chi connectivity index (χ2n) is 6.61. The summed E-state index contributed by atoms with van der Waals surface area (Å²) in [5.41, 5.74) is 1.32. The molecule has 124 valence electrons. The van der Waals surface area contributed by atoms with Crippen molar-refractivity contribution in [2.75, 3.05) is 27.3 Å². The van der Waals surface area contributed by atoms with E-state index >= 15 is 0 Å². The number of benzene rings is 1. The van der Waals surface area contributed by atoms with Crippen LogP contribution in [0.3, 0.4) is 0 Å². The lowest BCUT2D eigenvalue weighted by Gasteiger charge is -2.41. The van der Waals surface area contributed by atoms with Crippen molar-refractivity contribution in [1.82, 2.24) is 4.90 Å². The molecule has 1 aromatic rings. The Kier molecular flexibility index (Phi) is 4.44. The van der Waals surface area contributed by atoms with Crippen LogP contribution in [0.4, 0.5) is 0 Å². The van der Waals surface area contributed by atoms with Crippen molar-refractivity contribution in [3.63, 3.8) is 0 Å². The van der Waals surface area contributed by atoms with Gasteiger partial charge in [0.1, 0.15) is 12.4 Å². The molecule has 0 bridgehead atoms. The molecule has 2 fully saturated rings. The van der Waals surface area contributed by atoms with Crippen molar-refractivity contribution in [2.24, 2.45) is 0 Å². The lowest BCUT2D eigenvalue weighted by Crippen LogP contribution is -2.46. The number of likely N-dealkylation sites (tertiary alicyclic amines) is 1. The summed E-state index contributed by atoms with van der Waals surface area (Å²) in [4.78, 5) is 14.3. The van der Waals surface area contributed by atoms with Gasteiger partial charge < -0.3 is 14.4 Å². The van der Waals surface area contributed by atoms with Crippen molar-refractivity contribution >= 4 is 5.78 Å². The number of ketones is 1. The summed E-state index contributed by atoms with van der Waals surface area (Å²) in [7, 11) is 3.78. The summed E-state index contributed by atoms with van der Waals surface area (Å²) in [5.74, 6) is 1.88. The van der Waals surface area contributed by atoms with Crippen molar-refractivity contribution in [3.8, 4) is 11.5 Å². The molecule has 2 aliphatic rings. The van der Waals surface area contributed by atoms with E-state index in [0.29, 0.717) is 31.3 Å². The number of nitrogens with zero attached hydrogens (tertiary/aromatic N) is 1.